The zero-order chi connectivity index (χ0) is 25.8. The minimum absolute atomic E-state index is 0.0372. The summed E-state index contributed by atoms with van der Waals surface area (Å²) in [6.07, 6.45) is 3.44. The zero-order valence-electron chi connectivity index (χ0n) is 19.3. The molecule has 0 radical (unpaired) electrons. The number of rotatable bonds is 4. The van der Waals surface area contributed by atoms with Crippen LogP contribution in [0, 0.1) is 0 Å². The fourth-order valence-electron chi connectivity index (χ4n) is 5.31. The number of ketones is 2. The van der Waals surface area contributed by atoms with Crippen LogP contribution < -0.4 is 4.18 Å². The molecule has 0 fully saturated rings. The summed E-state index contributed by atoms with van der Waals surface area (Å²) in [5.41, 5.74) is 2.91. The van der Waals surface area contributed by atoms with Gasteiger partial charge < -0.3 is 9.08 Å². The van der Waals surface area contributed by atoms with Gasteiger partial charge in [-0.25, -0.2) is 0 Å². The van der Waals surface area contributed by atoms with Gasteiger partial charge >= 0.3 is 10.1 Å². The third-order valence-corrected chi connectivity index (χ3v) is 8.87. The van der Waals surface area contributed by atoms with Crippen LogP contribution in [-0.2, 0) is 19.7 Å². The lowest BCUT2D eigenvalue weighted by Gasteiger charge is -2.42. The van der Waals surface area contributed by atoms with Crippen molar-refractivity contribution in [3.63, 3.8) is 0 Å². The first kappa shape index (κ1) is 25.3. The summed E-state index contributed by atoms with van der Waals surface area (Å²) >= 11 is 18.8. The summed E-state index contributed by atoms with van der Waals surface area (Å²) in [4.78, 5) is 28.5. The molecular weight excluding hydrogens is 545 g/mol. The SMILES string of the molecule is CN1C2=C(C(=O)CCC2)C(c2cc(Cl)cc(Cl)c2OS(=O)(=O)c2ccc(Cl)cc2)C2=C1CCCC2=O. The van der Waals surface area contributed by atoms with E-state index in [1.54, 1.807) is 0 Å². The van der Waals surface area contributed by atoms with E-state index in [4.69, 9.17) is 39.0 Å². The topological polar surface area (TPSA) is 80.8 Å². The molecule has 0 spiro atoms. The molecule has 0 aromatic heterocycles. The number of carbonyl (C=O) groups is 2. The van der Waals surface area contributed by atoms with Gasteiger partial charge in [-0.3, -0.25) is 9.59 Å². The fourth-order valence-corrected chi connectivity index (χ4v) is 7.00. The average molecular weight is 567 g/mol. The lowest BCUT2D eigenvalue weighted by Crippen LogP contribution is -2.37. The first-order valence-electron chi connectivity index (χ1n) is 11.5. The number of benzene rings is 2. The molecule has 0 bridgehead atoms. The maximum absolute atomic E-state index is 13.3. The fraction of sp³-hybridized carbons (Fsp3) is 0.308. The number of nitrogens with zero attached hydrogens (tertiary/aromatic N) is 1. The highest BCUT2D eigenvalue weighted by Gasteiger charge is 2.44. The van der Waals surface area contributed by atoms with E-state index in [1.807, 2.05) is 11.9 Å². The summed E-state index contributed by atoms with van der Waals surface area (Å²) < 4.78 is 32.0. The van der Waals surface area contributed by atoms with Crippen LogP contribution in [0.1, 0.15) is 50.0 Å². The molecule has 0 saturated heterocycles. The van der Waals surface area contributed by atoms with Crippen molar-refractivity contribution in [2.45, 2.75) is 49.3 Å². The molecule has 0 amide bonds. The number of carbonyl (C=O) groups excluding carboxylic acids is 2. The van der Waals surface area contributed by atoms with Crippen molar-refractivity contribution < 1.29 is 22.2 Å². The van der Waals surface area contributed by atoms with Gasteiger partial charge in [0.25, 0.3) is 0 Å². The van der Waals surface area contributed by atoms with Gasteiger partial charge in [-0.15, -0.1) is 0 Å². The van der Waals surface area contributed by atoms with E-state index in [2.05, 4.69) is 0 Å². The van der Waals surface area contributed by atoms with Gasteiger partial charge in [-0.1, -0.05) is 34.8 Å². The van der Waals surface area contributed by atoms with Crippen LogP contribution in [0.5, 0.6) is 5.75 Å². The van der Waals surface area contributed by atoms with Crippen molar-refractivity contribution in [1.82, 2.24) is 4.90 Å². The van der Waals surface area contributed by atoms with E-state index in [0.717, 1.165) is 11.4 Å². The van der Waals surface area contributed by atoms with Crippen LogP contribution in [0.15, 0.2) is 63.8 Å². The molecule has 2 aliphatic carbocycles. The lowest BCUT2D eigenvalue weighted by molar-refractivity contribution is -0.117. The normalized spacial score (nSPS) is 18.9. The molecule has 0 saturated carbocycles. The van der Waals surface area contributed by atoms with Crippen molar-refractivity contribution in [3.05, 3.63) is 79.6 Å². The zero-order valence-corrected chi connectivity index (χ0v) is 22.4. The standard InChI is InChI=1S/C26H22Cl3NO5S/c1-30-19-4-2-6-21(31)24(19)23(25-20(30)5-3-7-22(25)32)17-12-15(28)13-18(29)26(17)35-36(33,34)16-10-8-14(27)9-11-16/h8-13,23H,2-7H2,1H3. The van der Waals surface area contributed by atoms with Gasteiger partial charge in [-0.2, -0.15) is 8.42 Å². The Morgan fingerprint density at radius 2 is 1.39 bits per heavy atom. The number of halogens is 3. The number of hydrogen-bond donors (Lipinski definition) is 0. The molecule has 0 N–H and O–H groups in total. The van der Waals surface area contributed by atoms with Gasteiger partial charge in [0.15, 0.2) is 17.3 Å². The Labute approximate surface area is 224 Å². The van der Waals surface area contributed by atoms with Crippen LogP contribution in [0.3, 0.4) is 0 Å². The summed E-state index contributed by atoms with van der Waals surface area (Å²) in [6, 6.07) is 8.45. The van der Waals surface area contributed by atoms with Crippen molar-refractivity contribution in [2.75, 3.05) is 7.05 Å². The summed E-state index contributed by atoms with van der Waals surface area (Å²) in [5.74, 6) is -1.14. The van der Waals surface area contributed by atoms with Crippen molar-refractivity contribution >= 4 is 56.5 Å². The minimum Gasteiger partial charge on any atom is -0.377 e. The van der Waals surface area contributed by atoms with Gasteiger partial charge in [-0.05, 0) is 62.1 Å². The molecule has 1 heterocycles. The highest BCUT2D eigenvalue weighted by Crippen LogP contribution is 2.52. The second-order valence-corrected chi connectivity index (χ2v) is 11.9. The molecule has 10 heteroatoms. The van der Waals surface area contributed by atoms with Crippen molar-refractivity contribution in [3.8, 4) is 5.75 Å². The Kier molecular flexibility index (Phi) is 6.70. The summed E-state index contributed by atoms with van der Waals surface area (Å²) in [5, 5.41) is 0.571. The van der Waals surface area contributed by atoms with Gasteiger partial charge in [0.2, 0.25) is 0 Å². The predicted octanol–water partition coefficient (Wildman–Crippen LogP) is 6.46. The first-order chi connectivity index (χ1) is 17.1. The second kappa shape index (κ2) is 9.53. The molecule has 2 aromatic rings. The van der Waals surface area contributed by atoms with Gasteiger partial charge in [0.1, 0.15) is 4.90 Å². The minimum atomic E-state index is -4.32. The predicted molar refractivity (Wildman–Crippen MR) is 138 cm³/mol. The molecule has 5 rings (SSSR count). The van der Waals surface area contributed by atoms with Gasteiger partial charge in [0.05, 0.1) is 5.02 Å². The van der Waals surface area contributed by atoms with Crippen molar-refractivity contribution in [2.24, 2.45) is 0 Å². The Hall–Kier alpha value is -2.32. The van der Waals surface area contributed by atoms with E-state index >= 15 is 0 Å². The molecule has 0 atom stereocenters. The largest absolute Gasteiger partial charge is 0.377 e. The second-order valence-electron chi connectivity index (χ2n) is 9.06. The molecule has 3 aliphatic rings. The van der Waals surface area contributed by atoms with Crippen LogP contribution in [-0.4, -0.2) is 31.9 Å². The van der Waals surface area contributed by atoms with E-state index in [9.17, 15) is 18.0 Å². The van der Waals surface area contributed by atoms with Crippen LogP contribution in [0.25, 0.3) is 0 Å². The smallest absolute Gasteiger partial charge is 0.339 e. The Bertz CT molecular complexity index is 1420. The molecule has 1 aliphatic heterocycles. The summed E-state index contributed by atoms with van der Waals surface area (Å²) in [6.45, 7) is 0. The Morgan fingerprint density at radius 3 is 1.94 bits per heavy atom. The number of allylic oxidation sites excluding steroid dienone is 4. The molecule has 36 heavy (non-hydrogen) atoms. The van der Waals surface area contributed by atoms with Crippen molar-refractivity contribution in [1.29, 1.82) is 0 Å². The molecule has 188 valence electrons. The average Bonchev–Trinajstić information content (AvgIpc) is 2.82. The third kappa shape index (κ3) is 4.36. The highest BCUT2D eigenvalue weighted by molar-refractivity contribution is 7.87. The number of hydrogen-bond acceptors (Lipinski definition) is 6. The van der Waals surface area contributed by atoms with Crippen LogP contribution in [0.4, 0.5) is 0 Å². The third-order valence-electron chi connectivity index (χ3n) is 6.89. The first-order valence-corrected chi connectivity index (χ1v) is 14.1. The van der Waals surface area contributed by atoms with E-state index in [-0.39, 0.29) is 37.8 Å². The molecule has 6 nitrogen and oxygen atoms in total. The van der Waals surface area contributed by atoms with Crippen LogP contribution >= 0.6 is 34.8 Å². The molecule has 0 unspecified atom stereocenters. The highest BCUT2D eigenvalue weighted by atomic mass is 35.5. The maximum Gasteiger partial charge on any atom is 0.339 e. The maximum atomic E-state index is 13.3. The van der Waals surface area contributed by atoms with E-state index < -0.39 is 16.0 Å². The van der Waals surface area contributed by atoms with Crippen LogP contribution in [0.2, 0.25) is 15.1 Å². The molecule has 2 aromatic carbocycles. The lowest BCUT2D eigenvalue weighted by atomic mass is 9.71. The van der Waals surface area contributed by atoms with Gasteiger partial charge in [0, 0.05) is 64.0 Å². The summed E-state index contributed by atoms with van der Waals surface area (Å²) in [7, 11) is -2.44. The van der Waals surface area contributed by atoms with E-state index in [1.165, 1.54) is 36.4 Å². The number of Topliss-reactive ketones (excluding diaryl/α,β-unsaturated/α-hetero) is 2. The monoisotopic (exact) mass is 565 g/mol. The quantitative estimate of drug-likeness (QED) is 0.395. The molecular formula is C26H22Cl3NO5S. The Morgan fingerprint density at radius 1 is 0.833 bits per heavy atom. The Balaban J connectivity index is 1.73. The van der Waals surface area contributed by atoms with E-state index in [0.29, 0.717) is 54.7 Å².